The Labute approximate surface area is 116 Å². The summed E-state index contributed by atoms with van der Waals surface area (Å²) in [5.41, 5.74) is 10.2. The van der Waals surface area contributed by atoms with E-state index in [1.165, 1.54) is 0 Å². The molecule has 20 heavy (non-hydrogen) atoms. The molecule has 0 bridgehead atoms. The molecule has 2 aromatic carbocycles. The van der Waals surface area contributed by atoms with Crippen molar-refractivity contribution in [2.45, 2.75) is 6.54 Å². The number of fused-ring (bicyclic) bond motifs is 1. The fourth-order valence-corrected chi connectivity index (χ4v) is 2.31. The molecule has 4 nitrogen and oxygen atoms in total. The van der Waals surface area contributed by atoms with Crippen LogP contribution in [0.1, 0.15) is 5.56 Å². The Balaban J connectivity index is 2.22. The maximum atomic E-state index is 10.6. The maximum Gasteiger partial charge on any atom is 0.211 e. The number of rotatable bonds is 4. The van der Waals surface area contributed by atoms with Gasteiger partial charge in [-0.1, -0.05) is 18.2 Å². The highest BCUT2D eigenvalue weighted by atomic mass is 16.3. The molecule has 100 valence electrons. The quantitative estimate of drug-likeness (QED) is 0.713. The smallest absolute Gasteiger partial charge is 0.211 e. The minimum Gasteiger partial charge on any atom is -0.464 e. The fourth-order valence-electron chi connectivity index (χ4n) is 2.31. The summed E-state index contributed by atoms with van der Waals surface area (Å²) >= 11 is 0. The molecule has 0 aliphatic carbocycles. The van der Waals surface area contributed by atoms with Crippen molar-refractivity contribution in [3.8, 4) is 11.1 Å². The van der Waals surface area contributed by atoms with Gasteiger partial charge in [0, 0.05) is 23.2 Å². The first kappa shape index (κ1) is 12.4. The van der Waals surface area contributed by atoms with Gasteiger partial charge in [0.2, 0.25) is 6.41 Å². The number of benzene rings is 2. The normalized spacial score (nSPS) is 10.7. The van der Waals surface area contributed by atoms with Gasteiger partial charge >= 0.3 is 0 Å². The molecule has 0 radical (unpaired) electrons. The standard InChI is InChI=1S/C16H14N2O2/c17-9-11-2-1-3-12(6-11)15-8-14(18-10-19)7-13-4-5-20-16(13)15/h1-8,10H,9,17H2,(H,18,19). The molecule has 1 heterocycles. The van der Waals surface area contributed by atoms with Crippen molar-refractivity contribution in [3.63, 3.8) is 0 Å². The van der Waals surface area contributed by atoms with Gasteiger partial charge in [-0.05, 0) is 35.4 Å². The Bertz CT molecular complexity index is 762. The highest BCUT2D eigenvalue weighted by molar-refractivity contribution is 5.96. The summed E-state index contributed by atoms with van der Waals surface area (Å²) in [6.07, 6.45) is 2.31. The van der Waals surface area contributed by atoms with Crippen molar-refractivity contribution < 1.29 is 9.21 Å². The van der Waals surface area contributed by atoms with Crippen molar-refractivity contribution in [2.75, 3.05) is 5.32 Å². The van der Waals surface area contributed by atoms with Gasteiger partial charge in [0.25, 0.3) is 0 Å². The van der Waals surface area contributed by atoms with Crippen LogP contribution < -0.4 is 11.1 Å². The van der Waals surface area contributed by atoms with Crippen LogP contribution in [0, 0.1) is 0 Å². The van der Waals surface area contributed by atoms with Gasteiger partial charge in [0.1, 0.15) is 5.58 Å². The van der Waals surface area contributed by atoms with E-state index in [0.29, 0.717) is 13.0 Å². The van der Waals surface area contributed by atoms with Crippen LogP contribution in [0.15, 0.2) is 53.1 Å². The lowest BCUT2D eigenvalue weighted by Crippen LogP contribution is -1.96. The largest absolute Gasteiger partial charge is 0.464 e. The summed E-state index contributed by atoms with van der Waals surface area (Å²) in [5.74, 6) is 0. The molecule has 0 saturated carbocycles. The predicted molar refractivity (Wildman–Crippen MR) is 79.2 cm³/mol. The highest BCUT2D eigenvalue weighted by Gasteiger charge is 2.09. The molecule has 4 heteroatoms. The summed E-state index contributed by atoms with van der Waals surface area (Å²) < 4.78 is 5.56. The van der Waals surface area contributed by atoms with Crippen LogP contribution in [-0.2, 0) is 11.3 Å². The van der Waals surface area contributed by atoms with Crippen molar-refractivity contribution in [1.82, 2.24) is 0 Å². The van der Waals surface area contributed by atoms with Crippen LogP contribution in [0.25, 0.3) is 22.1 Å². The summed E-state index contributed by atoms with van der Waals surface area (Å²) in [6, 6.07) is 13.6. The third-order valence-corrected chi connectivity index (χ3v) is 3.25. The van der Waals surface area contributed by atoms with Gasteiger partial charge in [-0.25, -0.2) is 0 Å². The summed E-state index contributed by atoms with van der Waals surface area (Å²) in [6.45, 7) is 0.488. The molecule has 1 aromatic heterocycles. The van der Waals surface area contributed by atoms with Crippen LogP contribution in [0.5, 0.6) is 0 Å². The molecule has 3 N–H and O–H groups in total. The molecule has 0 spiro atoms. The molecule has 0 fully saturated rings. The van der Waals surface area contributed by atoms with E-state index >= 15 is 0 Å². The Morgan fingerprint density at radius 2 is 2.10 bits per heavy atom. The molecular weight excluding hydrogens is 252 g/mol. The van der Waals surface area contributed by atoms with E-state index in [-0.39, 0.29) is 0 Å². The van der Waals surface area contributed by atoms with Crippen molar-refractivity contribution in [1.29, 1.82) is 0 Å². The third-order valence-electron chi connectivity index (χ3n) is 3.25. The molecule has 0 aliphatic rings. The van der Waals surface area contributed by atoms with Crippen LogP contribution >= 0.6 is 0 Å². The lowest BCUT2D eigenvalue weighted by molar-refractivity contribution is -0.105. The molecule has 1 amide bonds. The van der Waals surface area contributed by atoms with E-state index in [0.717, 1.165) is 33.3 Å². The highest BCUT2D eigenvalue weighted by Crippen LogP contribution is 2.33. The second-order valence-electron chi connectivity index (χ2n) is 4.53. The number of furan rings is 1. The van der Waals surface area contributed by atoms with Crippen molar-refractivity contribution in [2.24, 2.45) is 5.73 Å². The number of hydrogen-bond acceptors (Lipinski definition) is 3. The number of hydrogen-bond donors (Lipinski definition) is 2. The zero-order chi connectivity index (χ0) is 13.9. The van der Waals surface area contributed by atoms with Gasteiger partial charge in [-0.15, -0.1) is 0 Å². The lowest BCUT2D eigenvalue weighted by atomic mass is 10.0. The molecule has 3 rings (SSSR count). The lowest BCUT2D eigenvalue weighted by Gasteiger charge is -2.08. The first-order valence-electron chi connectivity index (χ1n) is 6.32. The topological polar surface area (TPSA) is 68.3 Å². The van der Waals surface area contributed by atoms with Crippen LogP contribution in [0.3, 0.4) is 0 Å². The monoisotopic (exact) mass is 266 g/mol. The van der Waals surface area contributed by atoms with Crippen LogP contribution in [0.4, 0.5) is 5.69 Å². The van der Waals surface area contributed by atoms with Gasteiger partial charge in [-0.2, -0.15) is 0 Å². The van der Waals surface area contributed by atoms with Crippen LogP contribution in [-0.4, -0.2) is 6.41 Å². The second-order valence-corrected chi connectivity index (χ2v) is 4.53. The molecule has 3 aromatic rings. The van der Waals surface area contributed by atoms with E-state index in [2.05, 4.69) is 5.32 Å². The van der Waals surface area contributed by atoms with Gasteiger partial charge < -0.3 is 15.5 Å². The number of anilines is 1. The molecule has 0 atom stereocenters. The first-order chi connectivity index (χ1) is 9.81. The fraction of sp³-hybridized carbons (Fsp3) is 0.0625. The second kappa shape index (κ2) is 5.19. The summed E-state index contributed by atoms with van der Waals surface area (Å²) in [7, 11) is 0. The zero-order valence-corrected chi connectivity index (χ0v) is 10.8. The summed E-state index contributed by atoms with van der Waals surface area (Å²) in [5, 5.41) is 3.63. The number of amides is 1. The van der Waals surface area contributed by atoms with E-state index < -0.39 is 0 Å². The van der Waals surface area contributed by atoms with Gasteiger partial charge in [0.15, 0.2) is 0 Å². The Morgan fingerprint density at radius 1 is 1.20 bits per heavy atom. The minimum absolute atomic E-state index is 0.488. The Hall–Kier alpha value is -2.59. The SMILES string of the molecule is NCc1cccc(-c2cc(NC=O)cc3ccoc23)c1. The molecule has 0 saturated heterocycles. The number of carbonyl (C=O) groups is 1. The van der Waals surface area contributed by atoms with E-state index in [4.69, 9.17) is 10.2 Å². The van der Waals surface area contributed by atoms with Crippen molar-refractivity contribution in [3.05, 3.63) is 54.3 Å². The average molecular weight is 266 g/mol. The molecular formula is C16H14N2O2. The number of nitrogens with two attached hydrogens (primary N) is 1. The first-order valence-corrected chi connectivity index (χ1v) is 6.32. The van der Waals surface area contributed by atoms with Crippen molar-refractivity contribution >= 4 is 23.1 Å². The van der Waals surface area contributed by atoms with Gasteiger partial charge in [0.05, 0.1) is 6.26 Å². The average Bonchev–Trinajstić information content (AvgIpc) is 2.95. The number of nitrogens with one attached hydrogen (secondary N) is 1. The summed E-state index contributed by atoms with van der Waals surface area (Å²) in [4.78, 5) is 10.6. The molecule has 0 unspecified atom stereocenters. The van der Waals surface area contributed by atoms with E-state index in [1.54, 1.807) is 6.26 Å². The van der Waals surface area contributed by atoms with E-state index in [9.17, 15) is 4.79 Å². The Kier molecular flexibility index (Phi) is 3.23. The van der Waals surface area contributed by atoms with Crippen LogP contribution in [0.2, 0.25) is 0 Å². The molecule has 0 aliphatic heterocycles. The van der Waals surface area contributed by atoms with E-state index in [1.807, 2.05) is 42.5 Å². The third kappa shape index (κ3) is 2.17. The Morgan fingerprint density at radius 3 is 2.90 bits per heavy atom. The minimum atomic E-state index is 0.488. The predicted octanol–water partition coefficient (Wildman–Crippen LogP) is 3.13. The van der Waals surface area contributed by atoms with Gasteiger partial charge in [-0.3, -0.25) is 4.79 Å². The maximum absolute atomic E-state index is 10.6. The number of carbonyl (C=O) groups excluding carboxylic acids is 1. The zero-order valence-electron chi connectivity index (χ0n) is 10.8.